The first-order valence-corrected chi connectivity index (χ1v) is 7.78. The van der Waals surface area contributed by atoms with E-state index in [9.17, 15) is 4.79 Å². The van der Waals surface area contributed by atoms with Gasteiger partial charge in [0, 0.05) is 37.6 Å². The van der Waals surface area contributed by atoms with Gasteiger partial charge in [0.15, 0.2) is 0 Å². The first-order valence-electron chi connectivity index (χ1n) is 7.40. The van der Waals surface area contributed by atoms with Gasteiger partial charge in [-0.25, -0.2) is 4.98 Å². The Morgan fingerprint density at radius 2 is 2.09 bits per heavy atom. The monoisotopic (exact) mass is 328 g/mol. The number of aromatic nitrogens is 3. The van der Waals surface area contributed by atoms with Gasteiger partial charge >= 0.3 is 0 Å². The van der Waals surface area contributed by atoms with Crippen LogP contribution in [-0.2, 0) is 13.6 Å². The number of carbonyl (C=O) groups is 1. The van der Waals surface area contributed by atoms with Crippen molar-refractivity contribution in [2.75, 3.05) is 6.54 Å². The molecule has 0 radical (unpaired) electrons. The molecule has 2 aromatic heterocycles. The number of hydrogen-bond donors (Lipinski definition) is 0. The van der Waals surface area contributed by atoms with Gasteiger partial charge in [0.2, 0.25) is 0 Å². The van der Waals surface area contributed by atoms with E-state index in [1.807, 2.05) is 42.9 Å². The minimum atomic E-state index is -0.112. The quantitative estimate of drug-likeness (QED) is 0.738. The van der Waals surface area contributed by atoms with Crippen molar-refractivity contribution < 1.29 is 4.79 Å². The van der Waals surface area contributed by atoms with E-state index in [0.29, 0.717) is 23.7 Å². The molecule has 0 aliphatic rings. The fourth-order valence-corrected chi connectivity index (χ4v) is 2.79. The molecule has 0 saturated carbocycles. The second-order valence-electron chi connectivity index (χ2n) is 5.27. The minimum Gasteiger partial charge on any atom is -0.337 e. The van der Waals surface area contributed by atoms with E-state index in [0.717, 1.165) is 16.7 Å². The maximum Gasteiger partial charge on any atom is 0.256 e. The van der Waals surface area contributed by atoms with Crippen molar-refractivity contribution in [2.45, 2.75) is 13.5 Å². The number of benzene rings is 1. The summed E-state index contributed by atoms with van der Waals surface area (Å²) in [7, 11) is 1.91. The van der Waals surface area contributed by atoms with Crippen LogP contribution >= 0.6 is 11.6 Å². The van der Waals surface area contributed by atoms with Gasteiger partial charge in [-0.15, -0.1) is 0 Å². The Hall–Kier alpha value is -2.40. The second kappa shape index (κ2) is 6.38. The summed E-state index contributed by atoms with van der Waals surface area (Å²) in [6, 6.07) is 7.22. The summed E-state index contributed by atoms with van der Waals surface area (Å²) in [5.74, 6) is 0.716. The van der Waals surface area contributed by atoms with Gasteiger partial charge in [-0.2, -0.15) is 0 Å². The number of nitrogens with zero attached hydrogens (tertiary/aromatic N) is 4. The van der Waals surface area contributed by atoms with Crippen LogP contribution in [0.15, 0.2) is 42.9 Å². The Morgan fingerprint density at radius 3 is 2.78 bits per heavy atom. The van der Waals surface area contributed by atoms with Gasteiger partial charge in [-0.1, -0.05) is 17.7 Å². The maximum absolute atomic E-state index is 13.0. The van der Waals surface area contributed by atoms with Gasteiger partial charge in [-0.3, -0.25) is 9.78 Å². The molecule has 0 saturated heterocycles. The average molecular weight is 329 g/mol. The number of fused-ring (bicyclic) bond motifs is 1. The van der Waals surface area contributed by atoms with Crippen molar-refractivity contribution in [1.82, 2.24) is 19.4 Å². The van der Waals surface area contributed by atoms with Crippen LogP contribution in [0.4, 0.5) is 0 Å². The van der Waals surface area contributed by atoms with Crippen LogP contribution in [0.25, 0.3) is 10.9 Å². The maximum atomic E-state index is 13.0. The van der Waals surface area contributed by atoms with E-state index in [-0.39, 0.29) is 5.91 Å². The molecule has 118 valence electrons. The van der Waals surface area contributed by atoms with E-state index in [2.05, 4.69) is 9.97 Å². The molecule has 23 heavy (non-hydrogen) atoms. The van der Waals surface area contributed by atoms with Gasteiger partial charge in [0.05, 0.1) is 22.6 Å². The molecular weight excluding hydrogens is 312 g/mol. The smallest absolute Gasteiger partial charge is 0.256 e. The molecule has 0 aliphatic heterocycles. The van der Waals surface area contributed by atoms with Gasteiger partial charge in [-0.05, 0) is 25.1 Å². The third-order valence-corrected chi connectivity index (χ3v) is 4.19. The third-order valence-electron chi connectivity index (χ3n) is 3.87. The standard InChI is InChI=1S/C17H17ClN4O/c1-3-22(11-15-20-9-10-21(15)2)17(23)16-12-5-4-8-19-14(12)7-6-13(16)18/h4-10H,3,11H2,1-2H3. The molecule has 0 atom stereocenters. The number of pyridine rings is 1. The Kier molecular flexibility index (Phi) is 4.30. The van der Waals surface area contributed by atoms with Crippen LogP contribution in [0.5, 0.6) is 0 Å². The van der Waals surface area contributed by atoms with Crippen molar-refractivity contribution in [3.8, 4) is 0 Å². The highest BCUT2D eigenvalue weighted by atomic mass is 35.5. The first-order chi connectivity index (χ1) is 11.1. The predicted molar refractivity (Wildman–Crippen MR) is 90.4 cm³/mol. The molecular formula is C17H17ClN4O. The summed E-state index contributed by atoms with van der Waals surface area (Å²) in [6.07, 6.45) is 5.29. The summed E-state index contributed by atoms with van der Waals surface area (Å²) in [4.78, 5) is 23.3. The molecule has 0 aliphatic carbocycles. The normalized spacial score (nSPS) is 10.9. The fraction of sp³-hybridized carbons (Fsp3) is 0.235. The van der Waals surface area contributed by atoms with E-state index in [4.69, 9.17) is 11.6 Å². The molecule has 5 nitrogen and oxygen atoms in total. The Labute approximate surface area is 139 Å². The lowest BCUT2D eigenvalue weighted by atomic mass is 10.1. The summed E-state index contributed by atoms with van der Waals surface area (Å²) >= 11 is 6.32. The minimum absolute atomic E-state index is 0.112. The summed E-state index contributed by atoms with van der Waals surface area (Å²) in [5.41, 5.74) is 1.25. The fourth-order valence-electron chi connectivity index (χ4n) is 2.55. The van der Waals surface area contributed by atoms with Crippen molar-refractivity contribution in [2.24, 2.45) is 7.05 Å². The van der Waals surface area contributed by atoms with Gasteiger partial charge in [0.1, 0.15) is 5.82 Å². The van der Waals surface area contributed by atoms with Gasteiger partial charge < -0.3 is 9.47 Å². The van der Waals surface area contributed by atoms with Crippen LogP contribution in [0.2, 0.25) is 5.02 Å². The molecule has 0 fully saturated rings. The second-order valence-corrected chi connectivity index (χ2v) is 5.67. The third kappa shape index (κ3) is 2.92. The largest absolute Gasteiger partial charge is 0.337 e. The highest BCUT2D eigenvalue weighted by Gasteiger charge is 2.21. The number of halogens is 1. The molecule has 3 aromatic rings. The highest BCUT2D eigenvalue weighted by Crippen LogP contribution is 2.26. The van der Waals surface area contributed by atoms with Crippen molar-refractivity contribution >= 4 is 28.4 Å². The zero-order chi connectivity index (χ0) is 16.4. The van der Waals surface area contributed by atoms with Crippen LogP contribution in [0, 0.1) is 0 Å². The Bertz CT molecular complexity index is 859. The average Bonchev–Trinajstić information content (AvgIpc) is 2.97. The number of rotatable bonds is 4. The molecule has 0 bridgehead atoms. The van der Waals surface area contributed by atoms with Crippen LogP contribution in [0.1, 0.15) is 23.1 Å². The molecule has 1 aromatic carbocycles. The van der Waals surface area contributed by atoms with E-state index in [1.165, 1.54) is 0 Å². The topological polar surface area (TPSA) is 51.0 Å². The molecule has 2 heterocycles. The van der Waals surface area contributed by atoms with E-state index in [1.54, 1.807) is 23.4 Å². The zero-order valence-electron chi connectivity index (χ0n) is 13.0. The number of amides is 1. The first kappa shape index (κ1) is 15.5. The summed E-state index contributed by atoms with van der Waals surface area (Å²) < 4.78 is 1.90. The van der Waals surface area contributed by atoms with Crippen molar-refractivity contribution in [1.29, 1.82) is 0 Å². The summed E-state index contributed by atoms with van der Waals surface area (Å²) in [6.45, 7) is 2.95. The lowest BCUT2D eigenvalue weighted by Crippen LogP contribution is -2.31. The lowest BCUT2D eigenvalue weighted by Gasteiger charge is -2.22. The Balaban J connectivity index is 2.01. The molecule has 0 N–H and O–H groups in total. The highest BCUT2D eigenvalue weighted by molar-refractivity contribution is 6.35. The van der Waals surface area contributed by atoms with E-state index < -0.39 is 0 Å². The number of aryl methyl sites for hydroxylation is 1. The zero-order valence-corrected chi connectivity index (χ0v) is 13.8. The van der Waals surface area contributed by atoms with Crippen LogP contribution in [0.3, 0.4) is 0 Å². The molecule has 1 amide bonds. The van der Waals surface area contributed by atoms with Gasteiger partial charge in [0.25, 0.3) is 5.91 Å². The molecule has 0 unspecified atom stereocenters. The molecule has 6 heteroatoms. The summed E-state index contributed by atoms with van der Waals surface area (Å²) in [5, 5.41) is 1.21. The Morgan fingerprint density at radius 1 is 1.26 bits per heavy atom. The number of hydrogen-bond acceptors (Lipinski definition) is 3. The molecule has 0 spiro atoms. The molecule has 3 rings (SSSR count). The van der Waals surface area contributed by atoms with Crippen LogP contribution in [-0.4, -0.2) is 31.9 Å². The predicted octanol–water partition coefficient (Wildman–Crippen LogP) is 3.28. The van der Waals surface area contributed by atoms with E-state index >= 15 is 0 Å². The van der Waals surface area contributed by atoms with Crippen molar-refractivity contribution in [3.05, 3.63) is 59.3 Å². The lowest BCUT2D eigenvalue weighted by molar-refractivity contribution is 0.0749. The number of imidazole rings is 1. The van der Waals surface area contributed by atoms with Crippen molar-refractivity contribution in [3.63, 3.8) is 0 Å². The number of carbonyl (C=O) groups excluding carboxylic acids is 1. The van der Waals surface area contributed by atoms with Crippen LogP contribution < -0.4 is 0 Å². The SMILES string of the molecule is CCN(Cc1nccn1C)C(=O)c1c(Cl)ccc2ncccc12.